The largest absolute Gasteiger partial charge is 0.384 e. The van der Waals surface area contributed by atoms with Crippen LogP contribution in [0.4, 0.5) is 0 Å². The summed E-state index contributed by atoms with van der Waals surface area (Å²) >= 11 is 0. The minimum absolute atomic E-state index is 0.474. The predicted molar refractivity (Wildman–Crippen MR) is 46.7 cm³/mol. The van der Waals surface area contributed by atoms with Crippen LogP contribution < -0.4 is 5.32 Å². The van der Waals surface area contributed by atoms with Crippen molar-refractivity contribution in [3.63, 3.8) is 0 Å². The second kappa shape index (κ2) is 3.55. The molecule has 1 rings (SSSR count). The van der Waals surface area contributed by atoms with Crippen molar-refractivity contribution in [1.82, 2.24) is 5.32 Å². The molecular formula is C9H19NO. The molecule has 66 valence electrons. The van der Waals surface area contributed by atoms with E-state index in [1.54, 1.807) is 7.11 Å². The Kier molecular flexibility index (Phi) is 2.90. The van der Waals surface area contributed by atoms with Gasteiger partial charge in [0.2, 0.25) is 0 Å². The van der Waals surface area contributed by atoms with Gasteiger partial charge >= 0.3 is 0 Å². The van der Waals surface area contributed by atoms with E-state index in [-0.39, 0.29) is 0 Å². The highest BCUT2D eigenvalue weighted by Gasteiger charge is 2.36. The molecule has 1 aliphatic carbocycles. The van der Waals surface area contributed by atoms with Gasteiger partial charge in [0.15, 0.2) is 0 Å². The van der Waals surface area contributed by atoms with Crippen LogP contribution in [-0.4, -0.2) is 25.8 Å². The first-order valence-corrected chi connectivity index (χ1v) is 4.40. The van der Waals surface area contributed by atoms with Gasteiger partial charge in [-0.15, -0.1) is 0 Å². The maximum atomic E-state index is 5.05. The molecule has 1 aliphatic rings. The van der Waals surface area contributed by atoms with Crippen molar-refractivity contribution in [1.29, 1.82) is 0 Å². The van der Waals surface area contributed by atoms with Gasteiger partial charge < -0.3 is 10.1 Å². The fraction of sp³-hybridized carbons (Fsp3) is 1.00. The second-order valence-corrected chi connectivity index (χ2v) is 4.00. The van der Waals surface area contributed by atoms with E-state index in [4.69, 9.17) is 4.74 Å². The van der Waals surface area contributed by atoms with E-state index in [1.165, 1.54) is 12.8 Å². The van der Waals surface area contributed by atoms with Crippen LogP contribution in [0, 0.1) is 5.92 Å². The summed E-state index contributed by atoms with van der Waals surface area (Å²) in [5, 5.41) is 3.54. The van der Waals surface area contributed by atoms with Crippen LogP contribution in [0.5, 0.6) is 0 Å². The van der Waals surface area contributed by atoms with Crippen molar-refractivity contribution in [2.45, 2.75) is 32.2 Å². The van der Waals surface area contributed by atoms with Gasteiger partial charge in [-0.3, -0.25) is 0 Å². The van der Waals surface area contributed by atoms with Crippen molar-refractivity contribution < 1.29 is 4.74 Å². The molecule has 0 radical (unpaired) electrons. The predicted octanol–water partition coefficient (Wildman–Crippen LogP) is 1.41. The van der Waals surface area contributed by atoms with Crippen LogP contribution in [0.2, 0.25) is 0 Å². The zero-order chi connectivity index (χ0) is 8.32. The Hall–Kier alpha value is -0.0800. The fourth-order valence-corrected chi connectivity index (χ4v) is 1.13. The van der Waals surface area contributed by atoms with Gasteiger partial charge in [-0.1, -0.05) is 6.92 Å². The number of rotatable bonds is 5. The summed E-state index contributed by atoms with van der Waals surface area (Å²) in [4.78, 5) is 0. The summed E-state index contributed by atoms with van der Waals surface area (Å²) in [6.07, 6.45) is 2.68. The molecule has 1 N–H and O–H groups in total. The highest BCUT2D eigenvalue weighted by Crippen LogP contribution is 2.34. The maximum absolute atomic E-state index is 5.05. The lowest BCUT2D eigenvalue weighted by atomic mass is 10.2. The molecule has 0 aromatic heterocycles. The molecule has 0 saturated heterocycles. The van der Waals surface area contributed by atoms with Crippen molar-refractivity contribution in [3.05, 3.63) is 0 Å². The first-order valence-electron chi connectivity index (χ1n) is 4.40. The quantitative estimate of drug-likeness (QED) is 0.651. The summed E-state index contributed by atoms with van der Waals surface area (Å²) in [5.74, 6) is 0.637. The Labute approximate surface area is 69.3 Å². The van der Waals surface area contributed by atoms with Gasteiger partial charge in [0.1, 0.15) is 0 Å². The first kappa shape index (κ1) is 9.01. The van der Waals surface area contributed by atoms with Crippen LogP contribution in [0.1, 0.15) is 26.7 Å². The van der Waals surface area contributed by atoms with E-state index >= 15 is 0 Å². The van der Waals surface area contributed by atoms with Crippen LogP contribution in [-0.2, 0) is 4.74 Å². The third-order valence-electron chi connectivity index (χ3n) is 2.33. The highest BCUT2D eigenvalue weighted by atomic mass is 16.5. The SMILES string of the molecule is COCC(C)CNC1(C)CC1. The molecule has 0 aliphatic heterocycles. The van der Waals surface area contributed by atoms with E-state index in [0.717, 1.165) is 13.2 Å². The second-order valence-electron chi connectivity index (χ2n) is 4.00. The van der Waals surface area contributed by atoms with Crippen LogP contribution in [0.25, 0.3) is 0 Å². The van der Waals surface area contributed by atoms with Gasteiger partial charge in [-0.2, -0.15) is 0 Å². The number of nitrogens with one attached hydrogen (secondary N) is 1. The Morgan fingerprint density at radius 3 is 2.64 bits per heavy atom. The van der Waals surface area contributed by atoms with Gasteiger partial charge in [-0.25, -0.2) is 0 Å². The first-order chi connectivity index (χ1) is 5.16. The Balaban J connectivity index is 2.01. The van der Waals surface area contributed by atoms with Gasteiger partial charge in [-0.05, 0) is 25.7 Å². The summed E-state index contributed by atoms with van der Waals surface area (Å²) in [6.45, 7) is 6.45. The van der Waals surface area contributed by atoms with Gasteiger partial charge in [0, 0.05) is 25.8 Å². The van der Waals surface area contributed by atoms with E-state index in [1.807, 2.05) is 0 Å². The molecule has 11 heavy (non-hydrogen) atoms. The lowest BCUT2D eigenvalue weighted by Gasteiger charge is -2.15. The standard InChI is InChI=1S/C9H19NO/c1-8(7-11-3)6-10-9(2)4-5-9/h8,10H,4-7H2,1-3H3. The van der Waals surface area contributed by atoms with E-state index in [0.29, 0.717) is 11.5 Å². The van der Waals surface area contributed by atoms with E-state index < -0.39 is 0 Å². The smallest absolute Gasteiger partial charge is 0.0499 e. The maximum Gasteiger partial charge on any atom is 0.0499 e. The topological polar surface area (TPSA) is 21.3 Å². The van der Waals surface area contributed by atoms with Gasteiger partial charge in [0.25, 0.3) is 0 Å². The average molecular weight is 157 g/mol. The zero-order valence-corrected chi connectivity index (χ0v) is 7.81. The summed E-state index contributed by atoms with van der Waals surface area (Å²) in [6, 6.07) is 0. The Morgan fingerprint density at radius 1 is 1.55 bits per heavy atom. The fourth-order valence-electron chi connectivity index (χ4n) is 1.13. The molecule has 1 unspecified atom stereocenters. The van der Waals surface area contributed by atoms with E-state index in [2.05, 4.69) is 19.2 Å². The molecule has 1 atom stereocenters. The number of hydrogen-bond donors (Lipinski definition) is 1. The molecule has 2 heteroatoms. The minimum atomic E-state index is 0.474. The molecule has 1 saturated carbocycles. The summed E-state index contributed by atoms with van der Waals surface area (Å²) in [7, 11) is 1.76. The van der Waals surface area contributed by atoms with Crippen LogP contribution >= 0.6 is 0 Å². The minimum Gasteiger partial charge on any atom is -0.384 e. The third-order valence-corrected chi connectivity index (χ3v) is 2.33. The third kappa shape index (κ3) is 3.21. The Bertz CT molecular complexity index is 121. The summed E-state index contributed by atoms with van der Waals surface area (Å²) < 4.78 is 5.05. The van der Waals surface area contributed by atoms with E-state index in [9.17, 15) is 0 Å². The lowest BCUT2D eigenvalue weighted by molar-refractivity contribution is 0.156. The lowest BCUT2D eigenvalue weighted by Crippen LogP contribution is -2.33. The monoisotopic (exact) mass is 157 g/mol. The molecule has 0 amide bonds. The summed E-state index contributed by atoms with van der Waals surface area (Å²) in [5.41, 5.74) is 0.474. The molecular weight excluding hydrogens is 138 g/mol. The van der Waals surface area contributed by atoms with Crippen molar-refractivity contribution in [2.75, 3.05) is 20.3 Å². The number of methoxy groups -OCH3 is 1. The zero-order valence-electron chi connectivity index (χ0n) is 7.81. The molecule has 0 aromatic carbocycles. The van der Waals surface area contributed by atoms with Crippen LogP contribution in [0.15, 0.2) is 0 Å². The van der Waals surface area contributed by atoms with Crippen molar-refractivity contribution in [2.24, 2.45) is 5.92 Å². The molecule has 0 spiro atoms. The highest BCUT2D eigenvalue weighted by molar-refractivity contribution is 4.97. The van der Waals surface area contributed by atoms with Gasteiger partial charge in [0.05, 0.1) is 0 Å². The number of hydrogen-bond acceptors (Lipinski definition) is 2. The van der Waals surface area contributed by atoms with Crippen LogP contribution in [0.3, 0.4) is 0 Å². The molecule has 0 bridgehead atoms. The molecule has 2 nitrogen and oxygen atoms in total. The Morgan fingerprint density at radius 2 is 2.18 bits per heavy atom. The number of ether oxygens (including phenoxy) is 1. The van der Waals surface area contributed by atoms with Crippen molar-refractivity contribution in [3.8, 4) is 0 Å². The normalized spacial score (nSPS) is 23.2. The molecule has 0 aromatic rings. The van der Waals surface area contributed by atoms with Crippen molar-refractivity contribution >= 4 is 0 Å². The molecule has 0 heterocycles. The molecule has 1 fully saturated rings. The average Bonchev–Trinajstić information content (AvgIpc) is 2.66.